The van der Waals surface area contributed by atoms with E-state index in [1.807, 2.05) is 34.1 Å². The molecule has 0 radical (unpaired) electrons. The Morgan fingerprint density at radius 3 is 2.69 bits per heavy atom. The number of hydrogen-bond acceptors (Lipinski definition) is 8. The number of methoxy groups -OCH3 is 1. The lowest BCUT2D eigenvalue weighted by Crippen LogP contribution is -2.51. The molecule has 0 unspecified atom stereocenters. The van der Waals surface area contributed by atoms with Crippen LogP contribution in [-0.4, -0.2) is 70.9 Å². The molecule has 1 saturated heterocycles. The third-order valence-corrected chi connectivity index (χ3v) is 6.87. The Bertz CT molecular complexity index is 878. The number of nitrogens with one attached hydrogen (secondary N) is 1. The van der Waals surface area contributed by atoms with Crippen molar-refractivity contribution in [1.29, 1.82) is 0 Å². The van der Waals surface area contributed by atoms with Crippen LogP contribution in [0.1, 0.15) is 12.8 Å². The van der Waals surface area contributed by atoms with Gasteiger partial charge in [0.1, 0.15) is 5.75 Å². The Labute approximate surface area is 177 Å². The minimum Gasteiger partial charge on any atom is -0.497 e. The SMILES string of the molecule is COc1cccc(Nc2nnc(SCC(=O)N3CCN(C(=O)C4CC4)CC3)s2)c1. The second kappa shape index (κ2) is 9.00. The molecule has 0 atom stereocenters. The number of benzene rings is 1. The first-order valence-corrected chi connectivity index (χ1v) is 11.4. The topological polar surface area (TPSA) is 87.7 Å². The summed E-state index contributed by atoms with van der Waals surface area (Å²) in [7, 11) is 1.63. The molecule has 10 heteroatoms. The van der Waals surface area contributed by atoms with Crippen LogP contribution in [-0.2, 0) is 9.59 Å². The first kappa shape index (κ1) is 20.0. The normalized spacial score (nSPS) is 16.6. The summed E-state index contributed by atoms with van der Waals surface area (Å²) in [6.07, 6.45) is 2.04. The Morgan fingerprint density at radius 1 is 1.21 bits per heavy atom. The smallest absolute Gasteiger partial charge is 0.233 e. The van der Waals surface area contributed by atoms with Gasteiger partial charge >= 0.3 is 0 Å². The van der Waals surface area contributed by atoms with Gasteiger partial charge in [-0.15, -0.1) is 10.2 Å². The molecule has 0 spiro atoms. The van der Waals surface area contributed by atoms with Gasteiger partial charge in [-0.1, -0.05) is 29.2 Å². The summed E-state index contributed by atoms with van der Waals surface area (Å²) in [6, 6.07) is 7.58. The van der Waals surface area contributed by atoms with Crippen molar-refractivity contribution in [2.75, 3.05) is 44.4 Å². The zero-order chi connectivity index (χ0) is 20.2. The van der Waals surface area contributed by atoms with Gasteiger partial charge in [0.05, 0.1) is 12.9 Å². The lowest BCUT2D eigenvalue weighted by Gasteiger charge is -2.34. The molecular formula is C19H23N5O3S2. The molecular weight excluding hydrogens is 410 g/mol. The Kier molecular flexibility index (Phi) is 6.19. The number of hydrogen-bond donors (Lipinski definition) is 1. The summed E-state index contributed by atoms with van der Waals surface area (Å²) in [4.78, 5) is 28.3. The second-order valence-electron chi connectivity index (χ2n) is 7.00. The maximum Gasteiger partial charge on any atom is 0.233 e. The lowest BCUT2D eigenvalue weighted by molar-refractivity contribution is -0.139. The van der Waals surface area contributed by atoms with Gasteiger partial charge in [0, 0.05) is 43.9 Å². The minimum atomic E-state index is 0.0750. The van der Waals surface area contributed by atoms with E-state index in [9.17, 15) is 9.59 Å². The number of anilines is 2. The van der Waals surface area contributed by atoms with Gasteiger partial charge in [-0.05, 0) is 25.0 Å². The highest BCUT2D eigenvalue weighted by atomic mass is 32.2. The Hall–Kier alpha value is -2.33. The van der Waals surface area contributed by atoms with Crippen LogP contribution >= 0.6 is 23.1 Å². The number of piperazine rings is 1. The van der Waals surface area contributed by atoms with Crippen LogP contribution in [0, 0.1) is 5.92 Å². The zero-order valence-corrected chi connectivity index (χ0v) is 17.8. The van der Waals surface area contributed by atoms with E-state index >= 15 is 0 Å². The predicted molar refractivity (Wildman–Crippen MR) is 113 cm³/mol. The number of nitrogens with zero attached hydrogens (tertiary/aromatic N) is 4. The average Bonchev–Trinajstić information content (AvgIpc) is 3.52. The van der Waals surface area contributed by atoms with Gasteiger partial charge in [0.2, 0.25) is 16.9 Å². The Morgan fingerprint density at radius 2 is 1.97 bits per heavy atom. The lowest BCUT2D eigenvalue weighted by atomic mass is 10.2. The quantitative estimate of drug-likeness (QED) is 0.671. The zero-order valence-electron chi connectivity index (χ0n) is 16.2. The van der Waals surface area contributed by atoms with E-state index in [1.54, 1.807) is 7.11 Å². The summed E-state index contributed by atoms with van der Waals surface area (Å²) < 4.78 is 5.96. The van der Waals surface area contributed by atoms with E-state index in [0.29, 0.717) is 37.1 Å². The molecule has 4 rings (SSSR count). The molecule has 2 heterocycles. The molecule has 1 aliphatic heterocycles. The Balaban J connectivity index is 1.23. The number of thioether (sulfide) groups is 1. The van der Waals surface area contributed by atoms with Crippen LogP contribution in [0.15, 0.2) is 28.6 Å². The summed E-state index contributed by atoms with van der Waals surface area (Å²) >= 11 is 2.80. The molecule has 8 nitrogen and oxygen atoms in total. The van der Waals surface area contributed by atoms with Gasteiger partial charge in [0.25, 0.3) is 0 Å². The summed E-state index contributed by atoms with van der Waals surface area (Å²) in [6.45, 7) is 2.49. The molecule has 1 aliphatic carbocycles. The number of carbonyl (C=O) groups is 2. The molecule has 0 bridgehead atoms. The fourth-order valence-corrected chi connectivity index (χ4v) is 4.80. The number of carbonyl (C=O) groups excluding carboxylic acids is 2. The molecule has 1 aromatic carbocycles. The highest BCUT2D eigenvalue weighted by Gasteiger charge is 2.35. The van der Waals surface area contributed by atoms with E-state index in [4.69, 9.17) is 4.74 Å². The van der Waals surface area contributed by atoms with E-state index in [1.165, 1.54) is 23.1 Å². The molecule has 2 amide bonds. The summed E-state index contributed by atoms with van der Waals surface area (Å²) in [5.74, 6) is 1.66. The van der Waals surface area contributed by atoms with Crippen molar-refractivity contribution in [3.63, 3.8) is 0 Å². The largest absolute Gasteiger partial charge is 0.497 e. The monoisotopic (exact) mass is 433 g/mol. The standard InChI is InChI=1S/C19H23N5O3S2/c1-27-15-4-2-3-14(11-15)20-18-21-22-19(29-18)28-12-16(25)23-7-9-24(10-8-23)17(26)13-5-6-13/h2-4,11,13H,5-10,12H2,1H3,(H,20,21). The van der Waals surface area contributed by atoms with Gasteiger partial charge in [-0.25, -0.2) is 0 Å². The van der Waals surface area contributed by atoms with Gasteiger partial charge in [0.15, 0.2) is 4.34 Å². The maximum absolute atomic E-state index is 12.5. The number of amides is 2. The molecule has 1 N–H and O–H groups in total. The van der Waals surface area contributed by atoms with Crippen LogP contribution in [0.3, 0.4) is 0 Å². The third kappa shape index (κ3) is 5.18. The van der Waals surface area contributed by atoms with Gasteiger partial charge in [-0.2, -0.15) is 0 Å². The molecule has 2 fully saturated rings. The predicted octanol–water partition coefficient (Wildman–Crippen LogP) is 2.46. The molecule has 29 heavy (non-hydrogen) atoms. The van der Waals surface area contributed by atoms with Crippen molar-refractivity contribution in [1.82, 2.24) is 20.0 Å². The summed E-state index contributed by atoms with van der Waals surface area (Å²) in [5, 5.41) is 12.1. The van der Waals surface area contributed by atoms with Gasteiger partial charge in [-0.3, -0.25) is 9.59 Å². The van der Waals surface area contributed by atoms with Crippen molar-refractivity contribution < 1.29 is 14.3 Å². The van der Waals surface area contributed by atoms with Crippen LogP contribution in [0.4, 0.5) is 10.8 Å². The third-order valence-electron chi connectivity index (χ3n) is 4.92. The highest BCUT2D eigenvalue weighted by molar-refractivity contribution is 8.01. The maximum atomic E-state index is 12.5. The van der Waals surface area contributed by atoms with E-state index in [-0.39, 0.29) is 17.7 Å². The second-order valence-corrected chi connectivity index (χ2v) is 9.20. The fraction of sp³-hybridized carbons (Fsp3) is 0.474. The van der Waals surface area contributed by atoms with Gasteiger partial charge < -0.3 is 19.9 Å². The van der Waals surface area contributed by atoms with Crippen molar-refractivity contribution >= 4 is 45.7 Å². The van der Waals surface area contributed by atoms with Crippen molar-refractivity contribution in [2.45, 2.75) is 17.2 Å². The van der Waals surface area contributed by atoms with Crippen molar-refractivity contribution in [3.05, 3.63) is 24.3 Å². The molecule has 1 aromatic heterocycles. The first-order valence-electron chi connectivity index (χ1n) is 9.56. The van der Waals surface area contributed by atoms with E-state index in [0.717, 1.165) is 28.6 Å². The van der Waals surface area contributed by atoms with Crippen LogP contribution in [0.5, 0.6) is 5.75 Å². The first-order chi connectivity index (χ1) is 14.1. The van der Waals surface area contributed by atoms with E-state index < -0.39 is 0 Å². The average molecular weight is 434 g/mol. The van der Waals surface area contributed by atoms with E-state index in [2.05, 4.69) is 15.5 Å². The van der Waals surface area contributed by atoms with Crippen molar-refractivity contribution in [2.24, 2.45) is 5.92 Å². The molecule has 1 saturated carbocycles. The molecule has 2 aliphatic rings. The number of ether oxygens (including phenoxy) is 1. The van der Waals surface area contributed by atoms with Crippen LogP contribution in [0.2, 0.25) is 0 Å². The fourth-order valence-electron chi connectivity index (χ4n) is 3.12. The minimum absolute atomic E-state index is 0.0750. The highest BCUT2D eigenvalue weighted by Crippen LogP contribution is 2.31. The van der Waals surface area contributed by atoms with Crippen LogP contribution < -0.4 is 10.1 Å². The molecule has 154 valence electrons. The number of aromatic nitrogens is 2. The van der Waals surface area contributed by atoms with Crippen molar-refractivity contribution in [3.8, 4) is 5.75 Å². The van der Waals surface area contributed by atoms with Crippen LogP contribution in [0.25, 0.3) is 0 Å². The molecule has 2 aromatic rings. The number of rotatable bonds is 7. The summed E-state index contributed by atoms with van der Waals surface area (Å²) in [5.41, 5.74) is 0.867.